The normalized spacial score (nSPS) is 26.2. The summed E-state index contributed by atoms with van der Waals surface area (Å²) in [5.74, 6) is 0. The first-order chi connectivity index (χ1) is 4.20. The molecule has 0 aromatic heterocycles. The molecule has 0 aromatic rings. The minimum Gasteiger partial charge on any atom is -0.303 e. The van der Waals surface area contributed by atoms with Crippen LogP contribution in [0.5, 0.6) is 0 Å². The Morgan fingerprint density at radius 3 is 3.11 bits per heavy atom. The molecule has 5 heteroatoms. The van der Waals surface area contributed by atoms with Gasteiger partial charge in [0, 0.05) is 7.05 Å². The van der Waals surface area contributed by atoms with Gasteiger partial charge in [0.05, 0.1) is 6.34 Å². The van der Waals surface area contributed by atoms with Crippen LogP contribution in [0.15, 0.2) is 4.99 Å². The third-order valence-electron chi connectivity index (χ3n) is 0.992. The Morgan fingerprint density at radius 2 is 2.67 bits per heavy atom. The number of aliphatic imine (C=N–C) groups is 1. The number of amides is 2. The second kappa shape index (κ2) is 2.02. The van der Waals surface area contributed by atoms with Gasteiger partial charge in [0.25, 0.3) is 0 Å². The molecular weight excluding hydrogens is 120 g/mol. The minimum absolute atomic E-state index is 0.225. The topological polar surface area (TPSA) is 70.7 Å². The van der Waals surface area contributed by atoms with Gasteiger partial charge >= 0.3 is 6.03 Å². The van der Waals surface area contributed by atoms with Crippen LogP contribution in [0.4, 0.5) is 4.79 Å². The number of carbonyl (C=O) groups excluding carboxylic acids is 1. The fourth-order valence-electron chi connectivity index (χ4n) is 0.490. The van der Waals surface area contributed by atoms with Gasteiger partial charge in [0.1, 0.15) is 0 Å². The van der Waals surface area contributed by atoms with E-state index in [1.807, 2.05) is 0 Å². The van der Waals surface area contributed by atoms with Gasteiger partial charge in [-0.25, -0.2) is 9.79 Å². The fourth-order valence-corrected chi connectivity index (χ4v) is 0.490. The zero-order valence-electron chi connectivity index (χ0n) is 5.03. The molecule has 0 bridgehead atoms. The molecule has 1 aliphatic rings. The van der Waals surface area contributed by atoms with Gasteiger partial charge < -0.3 is 5.32 Å². The summed E-state index contributed by atoms with van der Waals surface area (Å²) in [6.45, 7) is 0. The van der Waals surface area contributed by atoms with Crippen molar-refractivity contribution in [2.45, 2.75) is 6.29 Å². The van der Waals surface area contributed by atoms with Gasteiger partial charge in [-0.1, -0.05) is 0 Å². The molecule has 0 aromatic carbocycles. The predicted octanol–water partition coefficient (Wildman–Crippen LogP) is -1.09. The molecule has 3 N–H and O–H groups in total. The van der Waals surface area contributed by atoms with Crippen LogP contribution in [0.25, 0.3) is 0 Å². The molecule has 5 nitrogen and oxygen atoms in total. The second-order valence-corrected chi connectivity index (χ2v) is 1.77. The highest BCUT2D eigenvalue weighted by molar-refractivity contribution is 5.87. The average molecular weight is 128 g/mol. The lowest BCUT2D eigenvalue weighted by molar-refractivity contribution is 0.220. The molecule has 2 amide bonds. The van der Waals surface area contributed by atoms with Crippen molar-refractivity contribution in [2.75, 3.05) is 7.05 Å². The lowest BCUT2D eigenvalue weighted by atomic mass is 10.7. The Hall–Kier alpha value is -1.10. The molecule has 1 unspecified atom stereocenters. The van der Waals surface area contributed by atoms with E-state index in [9.17, 15) is 4.79 Å². The summed E-state index contributed by atoms with van der Waals surface area (Å²) in [7, 11) is 1.60. The number of hydrogen-bond donors (Lipinski definition) is 2. The van der Waals surface area contributed by atoms with Gasteiger partial charge in [-0.2, -0.15) is 0 Å². The largest absolute Gasteiger partial charge is 0.325 e. The van der Waals surface area contributed by atoms with Crippen LogP contribution < -0.4 is 11.1 Å². The molecule has 9 heavy (non-hydrogen) atoms. The van der Waals surface area contributed by atoms with E-state index in [1.54, 1.807) is 7.05 Å². The first-order valence-corrected chi connectivity index (χ1v) is 2.52. The predicted molar refractivity (Wildman–Crippen MR) is 32.8 cm³/mol. The van der Waals surface area contributed by atoms with Crippen molar-refractivity contribution in [3.63, 3.8) is 0 Å². The van der Waals surface area contributed by atoms with E-state index in [0.717, 1.165) is 0 Å². The highest BCUT2D eigenvalue weighted by atomic mass is 16.2. The van der Waals surface area contributed by atoms with Gasteiger partial charge in [-0.05, 0) is 0 Å². The molecule has 1 aliphatic heterocycles. The Bertz CT molecular complexity index is 155. The summed E-state index contributed by atoms with van der Waals surface area (Å²) >= 11 is 0. The molecule has 0 aliphatic carbocycles. The van der Waals surface area contributed by atoms with Crippen LogP contribution in [-0.2, 0) is 0 Å². The number of nitrogens with two attached hydrogens (primary N) is 1. The lowest BCUT2D eigenvalue weighted by Gasteiger charge is -2.20. The monoisotopic (exact) mass is 128 g/mol. The first kappa shape index (κ1) is 6.03. The number of rotatable bonds is 0. The van der Waals surface area contributed by atoms with Crippen LogP contribution in [0, 0.1) is 0 Å². The second-order valence-electron chi connectivity index (χ2n) is 1.77. The molecule has 0 saturated heterocycles. The van der Waals surface area contributed by atoms with E-state index in [4.69, 9.17) is 5.73 Å². The molecule has 1 atom stereocenters. The van der Waals surface area contributed by atoms with Gasteiger partial charge in [0.15, 0.2) is 6.29 Å². The SMILES string of the molecule is CN1C=NC(N)NC1=O. The molecule has 0 saturated carbocycles. The van der Waals surface area contributed by atoms with E-state index in [0.29, 0.717) is 0 Å². The Labute approximate surface area is 52.5 Å². The minimum atomic E-state index is -0.575. The molecule has 0 spiro atoms. The highest BCUT2D eigenvalue weighted by Crippen LogP contribution is 1.88. The van der Waals surface area contributed by atoms with E-state index in [2.05, 4.69) is 10.3 Å². The van der Waals surface area contributed by atoms with Crippen LogP contribution >= 0.6 is 0 Å². The molecular formula is C4H8N4O. The first-order valence-electron chi connectivity index (χ1n) is 2.52. The number of nitrogens with one attached hydrogen (secondary N) is 1. The maximum atomic E-state index is 10.6. The van der Waals surface area contributed by atoms with E-state index < -0.39 is 6.29 Å². The van der Waals surface area contributed by atoms with Crippen LogP contribution in [0.3, 0.4) is 0 Å². The Morgan fingerprint density at radius 1 is 2.00 bits per heavy atom. The molecule has 0 fully saturated rings. The van der Waals surface area contributed by atoms with Crippen LogP contribution in [0.2, 0.25) is 0 Å². The molecule has 50 valence electrons. The number of hydrogen-bond acceptors (Lipinski definition) is 3. The smallest absolute Gasteiger partial charge is 0.303 e. The Balaban J connectivity index is 2.65. The van der Waals surface area contributed by atoms with Crippen molar-refractivity contribution in [1.82, 2.24) is 10.2 Å². The van der Waals surface area contributed by atoms with E-state index >= 15 is 0 Å². The van der Waals surface area contributed by atoms with Crippen molar-refractivity contribution in [1.29, 1.82) is 0 Å². The number of carbonyl (C=O) groups is 1. The zero-order chi connectivity index (χ0) is 6.85. The summed E-state index contributed by atoms with van der Waals surface area (Å²) in [4.78, 5) is 15.7. The lowest BCUT2D eigenvalue weighted by Crippen LogP contribution is -2.50. The summed E-state index contributed by atoms with van der Waals surface area (Å²) in [6, 6.07) is -0.225. The third-order valence-corrected chi connectivity index (χ3v) is 0.992. The van der Waals surface area contributed by atoms with Crippen molar-refractivity contribution in [3.8, 4) is 0 Å². The van der Waals surface area contributed by atoms with Gasteiger partial charge in [0.2, 0.25) is 0 Å². The molecule has 1 heterocycles. The average Bonchev–Trinajstić information content (AvgIpc) is 1.80. The number of urea groups is 1. The highest BCUT2D eigenvalue weighted by Gasteiger charge is 2.13. The van der Waals surface area contributed by atoms with Crippen molar-refractivity contribution < 1.29 is 4.79 Å². The zero-order valence-corrected chi connectivity index (χ0v) is 5.03. The summed E-state index contributed by atoms with van der Waals surface area (Å²) in [6.07, 6.45) is 0.817. The quantitative estimate of drug-likeness (QED) is 0.435. The van der Waals surface area contributed by atoms with Gasteiger partial charge in [-0.3, -0.25) is 10.6 Å². The van der Waals surface area contributed by atoms with Crippen molar-refractivity contribution in [3.05, 3.63) is 0 Å². The fraction of sp³-hybridized carbons (Fsp3) is 0.500. The summed E-state index contributed by atoms with van der Waals surface area (Å²) in [5, 5.41) is 2.40. The number of nitrogens with zero attached hydrogens (tertiary/aromatic N) is 2. The summed E-state index contributed by atoms with van der Waals surface area (Å²) < 4.78 is 0. The molecule has 1 rings (SSSR count). The van der Waals surface area contributed by atoms with Crippen molar-refractivity contribution >= 4 is 12.4 Å². The van der Waals surface area contributed by atoms with E-state index in [-0.39, 0.29) is 6.03 Å². The van der Waals surface area contributed by atoms with Crippen molar-refractivity contribution in [2.24, 2.45) is 10.7 Å². The standard InChI is InChI=1S/C4H8N4O/c1-8-2-6-3(5)7-4(8)9/h2-3H,5H2,1H3,(H,7,9). The van der Waals surface area contributed by atoms with Crippen LogP contribution in [0.1, 0.15) is 0 Å². The van der Waals surface area contributed by atoms with Gasteiger partial charge in [-0.15, -0.1) is 0 Å². The summed E-state index contributed by atoms with van der Waals surface area (Å²) in [5.41, 5.74) is 5.23. The van der Waals surface area contributed by atoms with E-state index in [1.165, 1.54) is 11.2 Å². The third kappa shape index (κ3) is 1.17. The maximum absolute atomic E-state index is 10.6. The maximum Gasteiger partial charge on any atom is 0.325 e. The van der Waals surface area contributed by atoms with Crippen LogP contribution in [-0.4, -0.2) is 30.6 Å². The molecule has 0 radical (unpaired) electrons. The Kier molecular flexibility index (Phi) is 1.35.